The minimum Gasteiger partial charge on any atom is -0.497 e. The van der Waals surface area contributed by atoms with Crippen molar-refractivity contribution in [1.29, 1.82) is 0 Å². The fraction of sp³-hybridized carbons (Fsp3) is 0.357. The molecule has 3 aromatic carbocycles. The van der Waals surface area contributed by atoms with E-state index in [1.54, 1.807) is 14.0 Å². The van der Waals surface area contributed by atoms with Gasteiger partial charge in [-0.25, -0.2) is 9.69 Å². The molecule has 188 valence electrons. The predicted octanol–water partition coefficient (Wildman–Crippen LogP) is 3.27. The molecule has 8 nitrogen and oxygen atoms in total. The number of methoxy groups -OCH3 is 1. The third-order valence-corrected chi connectivity index (χ3v) is 7.14. The molecule has 3 amide bonds. The lowest BCUT2D eigenvalue weighted by Crippen LogP contribution is -2.52. The molecule has 2 fully saturated rings. The Kier molecular flexibility index (Phi) is 6.80. The van der Waals surface area contributed by atoms with Gasteiger partial charge in [0.05, 0.1) is 13.8 Å². The molecule has 0 aliphatic carbocycles. The summed E-state index contributed by atoms with van der Waals surface area (Å²) >= 11 is 0. The van der Waals surface area contributed by atoms with Crippen LogP contribution in [0.3, 0.4) is 0 Å². The summed E-state index contributed by atoms with van der Waals surface area (Å²) in [6.45, 7) is 6.79. The Labute approximate surface area is 211 Å². The molecule has 0 aromatic heterocycles. The normalized spacial score (nSPS) is 21.1. The van der Waals surface area contributed by atoms with Crippen LogP contribution in [0, 0.1) is 0 Å². The summed E-state index contributed by atoms with van der Waals surface area (Å²) in [4.78, 5) is 32.1. The number of amides is 3. The highest BCUT2D eigenvalue weighted by Crippen LogP contribution is 2.31. The van der Waals surface area contributed by atoms with Crippen molar-refractivity contribution in [2.24, 2.45) is 0 Å². The third-order valence-electron chi connectivity index (χ3n) is 7.14. The van der Waals surface area contributed by atoms with E-state index < -0.39 is 5.54 Å². The molecular formula is C28H32N4O4. The summed E-state index contributed by atoms with van der Waals surface area (Å²) in [6, 6.07) is 21.2. The number of hydrogen-bond donors (Lipinski definition) is 1. The average molecular weight is 489 g/mol. The van der Waals surface area contributed by atoms with Crippen molar-refractivity contribution in [2.75, 3.05) is 53.1 Å². The average Bonchev–Trinajstić information content (AvgIpc) is 3.13. The van der Waals surface area contributed by atoms with Crippen LogP contribution >= 0.6 is 0 Å². The maximum atomic E-state index is 13.4. The van der Waals surface area contributed by atoms with Crippen molar-refractivity contribution >= 4 is 22.7 Å². The van der Waals surface area contributed by atoms with Crippen LogP contribution in [-0.2, 0) is 10.3 Å². The molecular weight excluding hydrogens is 456 g/mol. The molecule has 8 heteroatoms. The highest BCUT2D eigenvalue weighted by molar-refractivity contribution is 6.07. The summed E-state index contributed by atoms with van der Waals surface area (Å²) < 4.78 is 11.0. The standard InChI is InChI=1S/C28H32N4O4/c1-28(23-8-7-21-5-3-4-6-22(21)19-23)26(33)32(27(34)29-28)20-31-15-13-30(14-16-31)17-18-36-25-11-9-24(35-2)10-12-25/h3-12,19H,13-18,20H2,1-2H3,(H,29,34)/t28-/m1/s1. The number of carbonyl (C=O) groups excluding carboxylic acids is 2. The number of nitrogens with zero attached hydrogens (tertiary/aromatic N) is 3. The molecule has 5 rings (SSSR count). The molecule has 2 saturated heterocycles. The molecule has 3 aromatic rings. The molecule has 0 spiro atoms. The maximum Gasteiger partial charge on any atom is 0.326 e. The van der Waals surface area contributed by atoms with Crippen LogP contribution in [0.5, 0.6) is 11.5 Å². The summed E-state index contributed by atoms with van der Waals surface area (Å²) in [5.41, 5.74) is -0.273. The van der Waals surface area contributed by atoms with E-state index in [-0.39, 0.29) is 11.9 Å². The van der Waals surface area contributed by atoms with Gasteiger partial charge in [-0.2, -0.15) is 0 Å². The SMILES string of the molecule is COc1ccc(OCCN2CCN(CN3C(=O)N[C@](C)(c4ccc5ccccc5c4)C3=O)CC2)cc1. The molecule has 36 heavy (non-hydrogen) atoms. The number of ether oxygens (including phenoxy) is 2. The predicted molar refractivity (Wildman–Crippen MR) is 138 cm³/mol. The van der Waals surface area contributed by atoms with Gasteiger partial charge in [0.2, 0.25) is 0 Å². The number of imide groups is 1. The van der Waals surface area contributed by atoms with Crippen LogP contribution in [0.25, 0.3) is 10.8 Å². The van der Waals surface area contributed by atoms with Gasteiger partial charge in [-0.1, -0.05) is 36.4 Å². The van der Waals surface area contributed by atoms with Gasteiger partial charge in [-0.15, -0.1) is 0 Å². The molecule has 2 aliphatic rings. The smallest absolute Gasteiger partial charge is 0.326 e. The molecule has 0 radical (unpaired) electrons. The zero-order chi connectivity index (χ0) is 25.1. The topological polar surface area (TPSA) is 74.4 Å². The monoisotopic (exact) mass is 488 g/mol. The Hall–Kier alpha value is -3.62. The quantitative estimate of drug-likeness (QED) is 0.491. The molecule has 2 heterocycles. The second-order valence-corrected chi connectivity index (χ2v) is 9.48. The van der Waals surface area contributed by atoms with E-state index in [1.807, 2.05) is 66.7 Å². The minimum atomic E-state index is -1.07. The number of rotatable bonds is 8. The van der Waals surface area contributed by atoms with E-state index in [9.17, 15) is 9.59 Å². The van der Waals surface area contributed by atoms with Crippen molar-refractivity contribution in [1.82, 2.24) is 20.0 Å². The van der Waals surface area contributed by atoms with Crippen LogP contribution in [0.15, 0.2) is 66.7 Å². The van der Waals surface area contributed by atoms with E-state index in [4.69, 9.17) is 9.47 Å². The summed E-state index contributed by atoms with van der Waals surface area (Å²) in [6.07, 6.45) is 0. The fourth-order valence-corrected chi connectivity index (χ4v) is 4.84. The van der Waals surface area contributed by atoms with E-state index in [0.717, 1.165) is 60.6 Å². The molecule has 0 unspecified atom stereocenters. The lowest BCUT2D eigenvalue weighted by molar-refractivity contribution is -0.132. The number of fused-ring (bicyclic) bond motifs is 1. The summed E-state index contributed by atoms with van der Waals surface area (Å²) in [5.74, 6) is 1.42. The lowest BCUT2D eigenvalue weighted by Gasteiger charge is -2.36. The number of piperazine rings is 1. The van der Waals surface area contributed by atoms with E-state index in [1.165, 1.54) is 4.90 Å². The zero-order valence-electron chi connectivity index (χ0n) is 20.8. The van der Waals surface area contributed by atoms with Gasteiger partial charge in [-0.3, -0.25) is 14.6 Å². The van der Waals surface area contributed by atoms with Crippen molar-refractivity contribution in [3.63, 3.8) is 0 Å². The second kappa shape index (κ2) is 10.2. The van der Waals surface area contributed by atoms with Crippen LogP contribution < -0.4 is 14.8 Å². The summed E-state index contributed by atoms with van der Waals surface area (Å²) in [7, 11) is 1.64. The Morgan fingerprint density at radius 3 is 2.25 bits per heavy atom. The first kappa shape index (κ1) is 24.1. The Morgan fingerprint density at radius 1 is 0.861 bits per heavy atom. The first-order valence-corrected chi connectivity index (χ1v) is 12.3. The van der Waals surface area contributed by atoms with E-state index in [2.05, 4.69) is 15.1 Å². The molecule has 0 bridgehead atoms. The van der Waals surface area contributed by atoms with Crippen molar-refractivity contribution in [3.8, 4) is 11.5 Å². The number of benzene rings is 3. The van der Waals surface area contributed by atoms with Crippen LogP contribution in [0.2, 0.25) is 0 Å². The van der Waals surface area contributed by atoms with Gasteiger partial charge < -0.3 is 14.8 Å². The zero-order valence-corrected chi connectivity index (χ0v) is 20.8. The molecule has 1 atom stereocenters. The molecule has 2 aliphatic heterocycles. The van der Waals surface area contributed by atoms with Gasteiger partial charge in [0, 0.05) is 32.7 Å². The minimum absolute atomic E-state index is 0.210. The Balaban J connectivity index is 1.13. The van der Waals surface area contributed by atoms with Crippen molar-refractivity contribution < 1.29 is 19.1 Å². The van der Waals surface area contributed by atoms with Gasteiger partial charge in [0.25, 0.3) is 5.91 Å². The van der Waals surface area contributed by atoms with Gasteiger partial charge in [0.15, 0.2) is 0 Å². The maximum absolute atomic E-state index is 13.4. The lowest BCUT2D eigenvalue weighted by atomic mass is 9.90. The largest absolute Gasteiger partial charge is 0.497 e. The first-order chi connectivity index (χ1) is 17.5. The van der Waals surface area contributed by atoms with E-state index >= 15 is 0 Å². The Morgan fingerprint density at radius 2 is 1.53 bits per heavy atom. The number of nitrogens with one attached hydrogen (secondary N) is 1. The summed E-state index contributed by atoms with van der Waals surface area (Å²) in [5, 5.41) is 5.08. The highest BCUT2D eigenvalue weighted by atomic mass is 16.5. The second-order valence-electron chi connectivity index (χ2n) is 9.48. The van der Waals surface area contributed by atoms with Gasteiger partial charge >= 0.3 is 6.03 Å². The first-order valence-electron chi connectivity index (χ1n) is 12.3. The van der Waals surface area contributed by atoms with E-state index in [0.29, 0.717) is 13.3 Å². The van der Waals surface area contributed by atoms with Crippen molar-refractivity contribution in [3.05, 3.63) is 72.3 Å². The fourth-order valence-electron chi connectivity index (χ4n) is 4.84. The number of carbonyl (C=O) groups is 2. The Bertz CT molecular complexity index is 1240. The van der Waals surface area contributed by atoms with Crippen LogP contribution in [-0.4, -0.2) is 79.7 Å². The van der Waals surface area contributed by atoms with Crippen molar-refractivity contribution in [2.45, 2.75) is 12.5 Å². The highest BCUT2D eigenvalue weighted by Gasteiger charge is 2.49. The van der Waals surface area contributed by atoms with Gasteiger partial charge in [-0.05, 0) is 53.6 Å². The molecule has 1 N–H and O–H groups in total. The number of urea groups is 1. The van der Waals surface area contributed by atoms with Crippen LogP contribution in [0.1, 0.15) is 12.5 Å². The molecule has 0 saturated carbocycles. The van der Waals surface area contributed by atoms with Gasteiger partial charge in [0.1, 0.15) is 23.6 Å². The third kappa shape index (κ3) is 4.87. The van der Waals surface area contributed by atoms with Crippen LogP contribution in [0.4, 0.5) is 4.79 Å². The number of hydrogen-bond acceptors (Lipinski definition) is 6.